The Hall–Kier alpha value is -2.99. The Labute approximate surface area is 183 Å². The molecule has 1 saturated heterocycles. The molecule has 0 atom stereocenters. The van der Waals surface area contributed by atoms with Gasteiger partial charge < -0.3 is 10.1 Å². The first-order chi connectivity index (χ1) is 14.8. The maximum atomic E-state index is 13.2. The second kappa shape index (κ2) is 8.27. The third-order valence-electron chi connectivity index (χ3n) is 5.21. The van der Waals surface area contributed by atoms with Gasteiger partial charge in [0.25, 0.3) is 5.91 Å². The van der Waals surface area contributed by atoms with Crippen LogP contribution in [-0.2, 0) is 10.0 Å². The van der Waals surface area contributed by atoms with Gasteiger partial charge in [0.2, 0.25) is 10.0 Å². The van der Waals surface area contributed by atoms with Gasteiger partial charge in [-0.25, -0.2) is 8.42 Å². The molecule has 1 N–H and O–H groups in total. The van der Waals surface area contributed by atoms with E-state index in [1.165, 1.54) is 33.8 Å². The van der Waals surface area contributed by atoms with Crippen LogP contribution >= 0.6 is 11.3 Å². The van der Waals surface area contributed by atoms with E-state index in [1.54, 1.807) is 18.2 Å². The van der Waals surface area contributed by atoms with Gasteiger partial charge in [0.05, 0.1) is 24.1 Å². The van der Waals surface area contributed by atoms with Gasteiger partial charge in [0, 0.05) is 17.1 Å². The highest BCUT2D eigenvalue weighted by Gasteiger charge is 2.29. The molecule has 0 saturated carbocycles. The minimum absolute atomic E-state index is 0.0927. The van der Waals surface area contributed by atoms with Crippen molar-refractivity contribution in [3.8, 4) is 10.8 Å². The standard InChI is InChI=1S/C19H22N6O4S2/c1-12-13(2)30-19(24-11-20-22-23-24)17(12)18(26)21-14-6-7-16(29-3)15(10-14)25-8-4-5-9-31(25,27)28/h6-7,10-11H,4-5,8-9H2,1-3H3,(H,21,26). The summed E-state index contributed by atoms with van der Waals surface area (Å²) in [7, 11) is -1.94. The number of nitrogens with one attached hydrogen (secondary N) is 1. The summed E-state index contributed by atoms with van der Waals surface area (Å²) in [6, 6.07) is 4.97. The summed E-state index contributed by atoms with van der Waals surface area (Å²) in [5.74, 6) is 0.195. The molecule has 4 rings (SSSR count). The summed E-state index contributed by atoms with van der Waals surface area (Å²) in [6.45, 7) is 4.17. The van der Waals surface area contributed by atoms with Crippen molar-refractivity contribution in [2.45, 2.75) is 26.7 Å². The number of tetrazole rings is 1. The molecule has 0 unspecified atom stereocenters. The number of sulfonamides is 1. The number of amides is 1. The van der Waals surface area contributed by atoms with Crippen LogP contribution in [0, 0.1) is 13.8 Å². The van der Waals surface area contributed by atoms with Crippen LogP contribution < -0.4 is 14.4 Å². The number of hydrogen-bond donors (Lipinski definition) is 1. The lowest BCUT2D eigenvalue weighted by Crippen LogP contribution is -2.38. The Morgan fingerprint density at radius 2 is 2.06 bits per heavy atom. The molecule has 1 aromatic carbocycles. The molecule has 0 radical (unpaired) electrons. The van der Waals surface area contributed by atoms with Gasteiger partial charge >= 0.3 is 0 Å². The Balaban J connectivity index is 1.69. The fourth-order valence-electron chi connectivity index (χ4n) is 3.51. The minimum atomic E-state index is -3.43. The van der Waals surface area contributed by atoms with E-state index < -0.39 is 10.0 Å². The lowest BCUT2D eigenvalue weighted by Gasteiger charge is -2.29. The van der Waals surface area contributed by atoms with E-state index in [9.17, 15) is 13.2 Å². The van der Waals surface area contributed by atoms with Gasteiger partial charge in [-0.3, -0.25) is 9.10 Å². The predicted molar refractivity (Wildman–Crippen MR) is 118 cm³/mol. The van der Waals surface area contributed by atoms with Gasteiger partial charge in [-0.05, 0) is 60.9 Å². The second-order valence-electron chi connectivity index (χ2n) is 7.15. The number of methoxy groups -OCH3 is 1. The summed E-state index contributed by atoms with van der Waals surface area (Å²) in [4.78, 5) is 14.2. The largest absolute Gasteiger partial charge is 0.495 e. The smallest absolute Gasteiger partial charge is 0.259 e. The van der Waals surface area contributed by atoms with Gasteiger partial charge in [-0.1, -0.05) is 0 Å². The highest BCUT2D eigenvalue weighted by Crippen LogP contribution is 2.36. The molecule has 1 aliphatic rings. The third-order valence-corrected chi connectivity index (χ3v) is 8.26. The number of rotatable bonds is 5. The first-order valence-corrected chi connectivity index (χ1v) is 12.1. The van der Waals surface area contributed by atoms with Gasteiger partial charge in [-0.2, -0.15) is 4.68 Å². The van der Waals surface area contributed by atoms with Crippen molar-refractivity contribution < 1.29 is 17.9 Å². The normalized spacial score (nSPS) is 15.6. The number of aryl methyl sites for hydroxylation is 1. The summed E-state index contributed by atoms with van der Waals surface area (Å²) in [5.41, 5.74) is 2.18. The number of benzene rings is 1. The second-order valence-corrected chi connectivity index (χ2v) is 10.4. The Morgan fingerprint density at radius 1 is 1.26 bits per heavy atom. The van der Waals surface area contributed by atoms with Crippen molar-refractivity contribution in [3.05, 3.63) is 40.5 Å². The quantitative estimate of drug-likeness (QED) is 0.619. The molecule has 1 fully saturated rings. The monoisotopic (exact) mass is 462 g/mol. The summed E-state index contributed by atoms with van der Waals surface area (Å²) >= 11 is 1.42. The van der Waals surface area contributed by atoms with Gasteiger partial charge in [0.1, 0.15) is 17.1 Å². The number of carbonyl (C=O) groups excluding carboxylic acids is 1. The van der Waals surface area contributed by atoms with Crippen LogP contribution in [-0.4, -0.2) is 53.9 Å². The zero-order chi connectivity index (χ0) is 22.2. The number of carbonyl (C=O) groups is 1. The van der Waals surface area contributed by atoms with Crippen molar-refractivity contribution in [1.82, 2.24) is 20.2 Å². The zero-order valence-corrected chi connectivity index (χ0v) is 19.0. The van der Waals surface area contributed by atoms with Crippen LogP contribution in [0.3, 0.4) is 0 Å². The summed E-state index contributed by atoms with van der Waals surface area (Å²) in [6.07, 6.45) is 2.84. The van der Waals surface area contributed by atoms with E-state index in [0.29, 0.717) is 40.7 Å². The average Bonchev–Trinajstić information content (AvgIpc) is 3.36. The van der Waals surface area contributed by atoms with Gasteiger partial charge in [-0.15, -0.1) is 16.4 Å². The molecular weight excluding hydrogens is 440 g/mol. The molecule has 0 aliphatic carbocycles. The average molecular weight is 463 g/mol. The van der Waals surface area contributed by atoms with Gasteiger partial charge in [0.15, 0.2) is 0 Å². The molecule has 1 aliphatic heterocycles. The molecule has 0 spiro atoms. The number of hydrogen-bond acceptors (Lipinski definition) is 8. The topological polar surface area (TPSA) is 119 Å². The maximum absolute atomic E-state index is 13.2. The lowest BCUT2D eigenvalue weighted by molar-refractivity contribution is 0.102. The van der Waals surface area contributed by atoms with Crippen LogP contribution in [0.5, 0.6) is 5.75 Å². The number of anilines is 2. The number of aromatic nitrogens is 4. The summed E-state index contributed by atoms with van der Waals surface area (Å²) in [5, 5.41) is 14.7. The molecule has 12 heteroatoms. The Morgan fingerprint density at radius 3 is 2.74 bits per heavy atom. The van der Waals surface area contributed by atoms with Crippen molar-refractivity contribution in [1.29, 1.82) is 0 Å². The van der Waals surface area contributed by atoms with Crippen LogP contribution in [0.1, 0.15) is 33.6 Å². The Kier molecular flexibility index (Phi) is 5.67. The minimum Gasteiger partial charge on any atom is -0.495 e. The number of ether oxygens (including phenoxy) is 1. The first-order valence-electron chi connectivity index (χ1n) is 9.65. The third kappa shape index (κ3) is 4.00. The highest BCUT2D eigenvalue weighted by molar-refractivity contribution is 7.92. The fraction of sp³-hybridized carbons (Fsp3) is 0.368. The van der Waals surface area contributed by atoms with E-state index in [2.05, 4.69) is 20.8 Å². The van der Waals surface area contributed by atoms with Crippen molar-refractivity contribution in [2.24, 2.45) is 0 Å². The van der Waals surface area contributed by atoms with Crippen molar-refractivity contribution in [3.63, 3.8) is 0 Å². The van der Waals surface area contributed by atoms with E-state index >= 15 is 0 Å². The van der Waals surface area contributed by atoms with Crippen LogP contribution in [0.4, 0.5) is 11.4 Å². The van der Waals surface area contributed by atoms with E-state index in [-0.39, 0.29) is 11.7 Å². The Bertz CT molecular complexity index is 1220. The highest BCUT2D eigenvalue weighted by atomic mass is 32.2. The molecule has 1 amide bonds. The molecule has 31 heavy (non-hydrogen) atoms. The number of nitrogens with zero attached hydrogens (tertiary/aromatic N) is 5. The molecule has 10 nitrogen and oxygen atoms in total. The first kappa shape index (κ1) is 21.2. The zero-order valence-electron chi connectivity index (χ0n) is 17.3. The van der Waals surface area contributed by atoms with E-state index in [1.807, 2.05) is 13.8 Å². The van der Waals surface area contributed by atoms with E-state index in [0.717, 1.165) is 16.9 Å². The van der Waals surface area contributed by atoms with Crippen LogP contribution in [0.2, 0.25) is 0 Å². The molecule has 3 aromatic rings. The maximum Gasteiger partial charge on any atom is 0.259 e. The van der Waals surface area contributed by atoms with Crippen molar-refractivity contribution in [2.75, 3.05) is 29.0 Å². The predicted octanol–water partition coefficient (Wildman–Crippen LogP) is 2.53. The number of thiophene rings is 1. The van der Waals surface area contributed by atoms with Crippen LogP contribution in [0.15, 0.2) is 24.5 Å². The lowest BCUT2D eigenvalue weighted by atomic mass is 10.1. The molecular formula is C19H22N6O4S2. The molecule has 3 heterocycles. The molecule has 164 valence electrons. The van der Waals surface area contributed by atoms with E-state index in [4.69, 9.17) is 4.74 Å². The van der Waals surface area contributed by atoms with Crippen LogP contribution in [0.25, 0.3) is 5.00 Å². The fourth-order valence-corrected chi connectivity index (χ4v) is 6.22. The van der Waals surface area contributed by atoms with Crippen molar-refractivity contribution >= 4 is 38.6 Å². The molecule has 0 bridgehead atoms. The SMILES string of the molecule is COc1ccc(NC(=O)c2c(-n3cnnn3)sc(C)c2C)cc1N1CCCCS1(=O)=O. The molecule has 2 aromatic heterocycles. The summed E-state index contributed by atoms with van der Waals surface area (Å²) < 4.78 is 33.4.